The van der Waals surface area contributed by atoms with Crippen molar-refractivity contribution < 1.29 is 4.42 Å². The van der Waals surface area contributed by atoms with Gasteiger partial charge >= 0.3 is 0 Å². The van der Waals surface area contributed by atoms with Crippen molar-refractivity contribution in [2.45, 2.75) is 19.9 Å². The van der Waals surface area contributed by atoms with Gasteiger partial charge in [0.2, 0.25) is 0 Å². The van der Waals surface area contributed by atoms with Crippen LogP contribution in [0.1, 0.15) is 24.5 Å². The van der Waals surface area contributed by atoms with Gasteiger partial charge in [0.15, 0.2) is 0 Å². The minimum Gasteiger partial charge on any atom is -0.464 e. The van der Waals surface area contributed by atoms with E-state index in [2.05, 4.69) is 10.3 Å². The molecular weight excluding hydrogens is 238 g/mol. The Morgan fingerprint density at radius 3 is 2.82 bits per heavy atom. The number of nitrogens with one attached hydrogen (secondary N) is 1. The van der Waals surface area contributed by atoms with Crippen LogP contribution in [0.4, 0.5) is 11.5 Å². The van der Waals surface area contributed by atoms with Crippen molar-refractivity contribution in [1.29, 1.82) is 0 Å². The van der Waals surface area contributed by atoms with E-state index in [4.69, 9.17) is 21.8 Å². The highest BCUT2D eigenvalue weighted by Gasteiger charge is 2.11. The van der Waals surface area contributed by atoms with Crippen LogP contribution in [-0.4, -0.2) is 4.98 Å². The molecule has 0 radical (unpaired) electrons. The van der Waals surface area contributed by atoms with E-state index >= 15 is 0 Å². The average molecular weight is 252 g/mol. The summed E-state index contributed by atoms with van der Waals surface area (Å²) in [5.74, 6) is 2.33. The first-order chi connectivity index (χ1) is 8.06. The molecule has 90 valence electrons. The zero-order valence-electron chi connectivity index (χ0n) is 9.70. The van der Waals surface area contributed by atoms with Crippen LogP contribution in [0.15, 0.2) is 28.8 Å². The van der Waals surface area contributed by atoms with Crippen molar-refractivity contribution in [2.75, 3.05) is 11.1 Å². The molecule has 0 fully saturated rings. The second-order valence-electron chi connectivity index (χ2n) is 3.91. The number of hydrogen-bond donors (Lipinski definition) is 2. The lowest BCUT2D eigenvalue weighted by atomic mass is 10.2. The molecule has 0 saturated carbocycles. The Hall–Kier alpha value is -1.68. The van der Waals surface area contributed by atoms with Crippen molar-refractivity contribution in [3.8, 4) is 0 Å². The third-order valence-corrected chi connectivity index (χ3v) is 2.63. The minimum absolute atomic E-state index is 0.000300. The molecule has 2 rings (SSSR count). The van der Waals surface area contributed by atoms with Gasteiger partial charge in [0.25, 0.3) is 0 Å². The maximum Gasteiger partial charge on any atom is 0.149 e. The molecule has 0 amide bonds. The molecule has 2 heterocycles. The molecule has 0 aliphatic rings. The Kier molecular flexibility index (Phi) is 3.24. The molecule has 0 aliphatic carbocycles. The normalized spacial score (nSPS) is 12.4. The van der Waals surface area contributed by atoms with Crippen molar-refractivity contribution in [3.05, 3.63) is 40.9 Å². The zero-order chi connectivity index (χ0) is 12.4. The van der Waals surface area contributed by atoms with E-state index in [1.807, 2.05) is 26.0 Å². The molecule has 3 N–H and O–H groups in total. The van der Waals surface area contributed by atoms with Crippen LogP contribution < -0.4 is 11.1 Å². The predicted octanol–water partition coefficient (Wildman–Crippen LogP) is 3.39. The lowest BCUT2D eigenvalue weighted by Crippen LogP contribution is -2.09. The highest BCUT2D eigenvalue weighted by Crippen LogP contribution is 2.25. The lowest BCUT2D eigenvalue weighted by Gasteiger charge is -2.13. The van der Waals surface area contributed by atoms with Gasteiger partial charge in [-0.1, -0.05) is 11.6 Å². The summed E-state index contributed by atoms with van der Waals surface area (Å²) < 4.78 is 5.52. The van der Waals surface area contributed by atoms with Gasteiger partial charge in [0, 0.05) is 6.20 Å². The van der Waals surface area contributed by atoms with Gasteiger partial charge in [-0.3, -0.25) is 0 Å². The number of aryl methyl sites for hydroxylation is 1. The molecular formula is C12H14ClN3O. The molecule has 1 unspecified atom stereocenters. The summed E-state index contributed by atoms with van der Waals surface area (Å²) in [4.78, 5) is 4.14. The summed E-state index contributed by atoms with van der Waals surface area (Å²) in [6.07, 6.45) is 1.56. The van der Waals surface area contributed by atoms with Gasteiger partial charge in [0.05, 0.1) is 16.8 Å². The Labute approximate surface area is 105 Å². The monoisotopic (exact) mass is 251 g/mol. The molecule has 2 aromatic heterocycles. The van der Waals surface area contributed by atoms with Gasteiger partial charge in [-0.15, -0.1) is 0 Å². The van der Waals surface area contributed by atoms with Crippen LogP contribution in [0.25, 0.3) is 0 Å². The summed E-state index contributed by atoms with van der Waals surface area (Å²) in [5.41, 5.74) is 6.33. The van der Waals surface area contributed by atoms with Crippen LogP contribution in [0.2, 0.25) is 5.02 Å². The topological polar surface area (TPSA) is 64.1 Å². The Balaban J connectivity index is 2.15. The SMILES string of the molecule is Cc1ccc(C(C)Nc2ncc(Cl)cc2N)o1. The number of rotatable bonds is 3. The minimum atomic E-state index is -0.000300. The van der Waals surface area contributed by atoms with Gasteiger partial charge in [-0.2, -0.15) is 0 Å². The predicted molar refractivity (Wildman–Crippen MR) is 69.1 cm³/mol. The molecule has 5 heteroatoms. The number of furan rings is 1. The van der Waals surface area contributed by atoms with E-state index in [1.54, 1.807) is 12.3 Å². The molecule has 2 aromatic rings. The van der Waals surface area contributed by atoms with Crippen LogP contribution in [0.5, 0.6) is 0 Å². The summed E-state index contributed by atoms with van der Waals surface area (Å²) >= 11 is 5.79. The fraction of sp³-hybridized carbons (Fsp3) is 0.250. The van der Waals surface area contributed by atoms with Gasteiger partial charge in [-0.25, -0.2) is 4.98 Å². The molecule has 0 saturated heterocycles. The largest absolute Gasteiger partial charge is 0.464 e. The number of anilines is 2. The van der Waals surface area contributed by atoms with E-state index in [9.17, 15) is 0 Å². The van der Waals surface area contributed by atoms with E-state index < -0.39 is 0 Å². The third kappa shape index (κ3) is 2.71. The molecule has 0 aromatic carbocycles. The maximum absolute atomic E-state index is 5.81. The van der Waals surface area contributed by atoms with Crippen LogP contribution >= 0.6 is 11.6 Å². The van der Waals surface area contributed by atoms with Crippen molar-refractivity contribution in [1.82, 2.24) is 4.98 Å². The number of nitrogens with two attached hydrogens (primary N) is 1. The highest BCUT2D eigenvalue weighted by molar-refractivity contribution is 6.30. The van der Waals surface area contributed by atoms with Crippen molar-refractivity contribution in [3.63, 3.8) is 0 Å². The van der Waals surface area contributed by atoms with Crippen LogP contribution in [0.3, 0.4) is 0 Å². The van der Waals surface area contributed by atoms with Gasteiger partial charge in [0.1, 0.15) is 17.3 Å². The van der Waals surface area contributed by atoms with E-state index in [0.29, 0.717) is 16.5 Å². The summed E-state index contributed by atoms with van der Waals surface area (Å²) in [6, 6.07) is 5.52. The van der Waals surface area contributed by atoms with Crippen molar-refractivity contribution in [2.24, 2.45) is 0 Å². The van der Waals surface area contributed by atoms with Crippen LogP contribution in [0, 0.1) is 6.92 Å². The first kappa shape index (κ1) is 11.8. The molecule has 0 bridgehead atoms. The molecule has 1 atom stereocenters. The first-order valence-electron chi connectivity index (χ1n) is 5.30. The fourth-order valence-electron chi connectivity index (χ4n) is 1.54. The molecule has 0 aliphatic heterocycles. The van der Waals surface area contributed by atoms with Crippen LogP contribution in [-0.2, 0) is 0 Å². The Bertz CT molecular complexity index is 524. The smallest absolute Gasteiger partial charge is 0.149 e. The molecule has 17 heavy (non-hydrogen) atoms. The number of nitrogen functional groups attached to an aromatic ring is 1. The Morgan fingerprint density at radius 2 is 2.24 bits per heavy atom. The quantitative estimate of drug-likeness (QED) is 0.878. The summed E-state index contributed by atoms with van der Waals surface area (Å²) in [7, 11) is 0. The van der Waals surface area contributed by atoms with E-state index in [1.165, 1.54) is 0 Å². The highest BCUT2D eigenvalue weighted by atomic mass is 35.5. The average Bonchev–Trinajstić information content (AvgIpc) is 2.69. The van der Waals surface area contributed by atoms with Crippen molar-refractivity contribution >= 4 is 23.1 Å². The number of halogens is 1. The van der Waals surface area contributed by atoms with Gasteiger partial charge < -0.3 is 15.5 Å². The van der Waals surface area contributed by atoms with E-state index in [-0.39, 0.29) is 6.04 Å². The molecule has 0 spiro atoms. The second-order valence-corrected chi connectivity index (χ2v) is 4.34. The lowest BCUT2D eigenvalue weighted by molar-refractivity contribution is 0.466. The number of nitrogens with zero attached hydrogens (tertiary/aromatic N) is 1. The second kappa shape index (κ2) is 4.67. The summed E-state index contributed by atoms with van der Waals surface area (Å²) in [6.45, 7) is 3.89. The maximum atomic E-state index is 5.81. The number of aromatic nitrogens is 1. The summed E-state index contributed by atoms with van der Waals surface area (Å²) in [5, 5.41) is 3.70. The van der Waals surface area contributed by atoms with Gasteiger partial charge in [-0.05, 0) is 32.0 Å². The van der Waals surface area contributed by atoms with E-state index in [0.717, 1.165) is 11.5 Å². The first-order valence-corrected chi connectivity index (χ1v) is 5.68. The third-order valence-electron chi connectivity index (χ3n) is 2.42. The number of pyridine rings is 1. The molecule has 4 nitrogen and oxygen atoms in total. The number of hydrogen-bond acceptors (Lipinski definition) is 4. The fourth-order valence-corrected chi connectivity index (χ4v) is 1.70. The zero-order valence-corrected chi connectivity index (χ0v) is 10.5. The standard InChI is InChI=1S/C12H14ClN3O/c1-7-3-4-11(17-7)8(2)16-12-10(14)5-9(13)6-15-12/h3-6,8H,14H2,1-2H3,(H,15,16). The Morgan fingerprint density at radius 1 is 1.47 bits per heavy atom.